The second-order valence-corrected chi connectivity index (χ2v) is 6.08. The lowest BCUT2D eigenvalue weighted by atomic mass is 9.98. The lowest BCUT2D eigenvalue weighted by Gasteiger charge is -2.21. The molecule has 0 radical (unpaired) electrons. The molecule has 0 spiro atoms. The number of amides is 1. The second kappa shape index (κ2) is 5.67. The molecule has 0 aromatic heterocycles. The normalized spacial score (nSPS) is 25.8. The number of rotatable bonds is 4. The van der Waals surface area contributed by atoms with Crippen LogP contribution in [0.2, 0.25) is 0 Å². The number of carbonyl (C=O) groups is 1. The lowest BCUT2D eigenvalue weighted by Crippen LogP contribution is -2.44. The van der Waals surface area contributed by atoms with Gasteiger partial charge in [0.25, 0.3) is 0 Å². The Kier molecular flexibility index (Phi) is 4.78. The van der Waals surface area contributed by atoms with Gasteiger partial charge >= 0.3 is 0 Å². The van der Waals surface area contributed by atoms with Gasteiger partial charge in [0.1, 0.15) is 0 Å². The van der Waals surface area contributed by atoms with Crippen LogP contribution in [0.5, 0.6) is 0 Å². The van der Waals surface area contributed by atoms with E-state index in [0.29, 0.717) is 12.5 Å². The van der Waals surface area contributed by atoms with E-state index in [0.717, 1.165) is 12.5 Å². The highest BCUT2D eigenvalue weighted by Gasteiger charge is 2.23. The predicted octanol–water partition coefficient (Wildman–Crippen LogP) is 1.93. The molecule has 0 saturated heterocycles. The van der Waals surface area contributed by atoms with Crippen LogP contribution in [0.25, 0.3) is 0 Å². The molecule has 16 heavy (non-hydrogen) atoms. The molecule has 0 aromatic rings. The Hall–Kier alpha value is -0.570. The Morgan fingerprint density at radius 1 is 1.31 bits per heavy atom. The SMILES string of the molecule is CC1CCCC1CNC(=O)CNC(C)(C)C. The van der Waals surface area contributed by atoms with Crippen molar-refractivity contribution >= 4 is 5.91 Å². The highest BCUT2D eigenvalue weighted by atomic mass is 16.1. The van der Waals surface area contributed by atoms with Crippen molar-refractivity contribution in [2.45, 2.75) is 52.5 Å². The zero-order chi connectivity index (χ0) is 12.2. The molecule has 2 unspecified atom stereocenters. The van der Waals surface area contributed by atoms with Gasteiger partial charge < -0.3 is 10.6 Å². The zero-order valence-electron chi connectivity index (χ0n) is 11.1. The van der Waals surface area contributed by atoms with Crippen LogP contribution < -0.4 is 10.6 Å². The first-order valence-corrected chi connectivity index (χ1v) is 6.40. The fraction of sp³-hybridized carbons (Fsp3) is 0.923. The minimum Gasteiger partial charge on any atom is -0.355 e. The van der Waals surface area contributed by atoms with E-state index >= 15 is 0 Å². The Morgan fingerprint density at radius 2 is 2.00 bits per heavy atom. The van der Waals surface area contributed by atoms with Gasteiger partial charge in [-0.1, -0.05) is 19.8 Å². The maximum Gasteiger partial charge on any atom is 0.233 e. The van der Waals surface area contributed by atoms with Gasteiger partial charge in [0.2, 0.25) is 5.91 Å². The summed E-state index contributed by atoms with van der Waals surface area (Å²) in [4.78, 5) is 11.6. The van der Waals surface area contributed by atoms with Crippen LogP contribution in [0.3, 0.4) is 0 Å². The van der Waals surface area contributed by atoms with Crippen molar-refractivity contribution in [1.29, 1.82) is 0 Å². The quantitative estimate of drug-likeness (QED) is 0.769. The van der Waals surface area contributed by atoms with E-state index in [1.165, 1.54) is 19.3 Å². The number of hydrogen-bond donors (Lipinski definition) is 2. The Balaban J connectivity index is 2.15. The molecule has 94 valence electrons. The average Bonchev–Trinajstić information content (AvgIpc) is 2.57. The topological polar surface area (TPSA) is 41.1 Å². The van der Waals surface area contributed by atoms with Gasteiger partial charge in [-0.2, -0.15) is 0 Å². The number of nitrogens with one attached hydrogen (secondary N) is 2. The van der Waals surface area contributed by atoms with Gasteiger partial charge in [-0.05, 0) is 39.0 Å². The summed E-state index contributed by atoms with van der Waals surface area (Å²) in [7, 11) is 0. The summed E-state index contributed by atoms with van der Waals surface area (Å²) < 4.78 is 0. The fourth-order valence-electron chi connectivity index (χ4n) is 2.18. The van der Waals surface area contributed by atoms with E-state index in [2.05, 4.69) is 38.3 Å². The van der Waals surface area contributed by atoms with E-state index in [9.17, 15) is 4.79 Å². The molecule has 1 amide bonds. The molecule has 1 aliphatic rings. The number of carbonyl (C=O) groups excluding carboxylic acids is 1. The minimum atomic E-state index is 0.0119. The van der Waals surface area contributed by atoms with Crippen LogP contribution in [0.4, 0.5) is 0 Å². The third-order valence-electron chi connectivity index (χ3n) is 3.38. The fourth-order valence-corrected chi connectivity index (χ4v) is 2.18. The lowest BCUT2D eigenvalue weighted by molar-refractivity contribution is -0.120. The van der Waals surface area contributed by atoms with Crippen LogP contribution in [0.15, 0.2) is 0 Å². The minimum absolute atomic E-state index is 0.0119. The molecule has 1 aliphatic carbocycles. The molecule has 3 nitrogen and oxygen atoms in total. The smallest absolute Gasteiger partial charge is 0.233 e. The van der Waals surface area contributed by atoms with Gasteiger partial charge in [0.15, 0.2) is 0 Å². The van der Waals surface area contributed by atoms with Crippen LogP contribution in [0.1, 0.15) is 47.0 Å². The Bertz CT molecular complexity index is 233. The van der Waals surface area contributed by atoms with Crippen LogP contribution in [-0.2, 0) is 4.79 Å². The second-order valence-electron chi connectivity index (χ2n) is 6.08. The van der Waals surface area contributed by atoms with Crippen molar-refractivity contribution in [1.82, 2.24) is 10.6 Å². The van der Waals surface area contributed by atoms with E-state index in [1.54, 1.807) is 0 Å². The summed E-state index contributed by atoms with van der Waals surface area (Å²) in [6.45, 7) is 9.77. The van der Waals surface area contributed by atoms with E-state index in [1.807, 2.05) is 0 Å². The van der Waals surface area contributed by atoms with Gasteiger partial charge in [0, 0.05) is 12.1 Å². The van der Waals surface area contributed by atoms with Crippen molar-refractivity contribution in [3.63, 3.8) is 0 Å². The highest BCUT2D eigenvalue weighted by Crippen LogP contribution is 2.30. The maximum atomic E-state index is 11.6. The van der Waals surface area contributed by atoms with Crippen LogP contribution in [-0.4, -0.2) is 24.5 Å². The summed E-state index contributed by atoms with van der Waals surface area (Å²) in [5.41, 5.74) is 0.0119. The third-order valence-corrected chi connectivity index (χ3v) is 3.38. The molecule has 1 rings (SSSR count). The standard InChI is InChI=1S/C13H26N2O/c1-10-6-5-7-11(10)8-14-12(16)9-15-13(2,3)4/h10-11,15H,5-9H2,1-4H3,(H,14,16). The first kappa shape index (κ1) is 13.5. The monoisotopic (exact) mass is 226 g/mol. The van der Waals surface area contributed by atoms with Gasteiger partial charge in [0.05, 0.1) is 6.54 Å². The van der Waals surface area contributed by atoms with Gasteiger partial charge in [-0.3, -0.25) is 4.79 Å². The van der Waals surface area contributed by atoms with Crippen molar-refractivity contribution in [2.24, 2.45) is 11.8 Å². The highest BCUT2D eigenvalue weighted by molar-refractivity contribution is 5.78. The van der Waals surface area contributed by atoms with Gasteiger partial charge in [-0.15, -0.1) is 0 Å². The number of hydrogen-bond acceptors (Lipinski definition) is 2. The van der Waals surface area contributed by atoms with Crippen molar-refractivity contribution in [2.75, 3.05) is 13.1 Å². The van der Waals surface area contributed by atoms with Crippen molar-refractivity contribution in [3.05, 3.63) is 0 Å². The van der Waals surface area contributed by atoms with Crippen LogP contribution in [0, 0.1) is 11.8 Å². The summed E-state index contributed by atoms with van der Waals surface area (Å²) in [6, 6.07) is 0. The van der Waals surface area contributed by atoms with Crippen molar-refractivity contribution < 1.29 is 4.79 Å². The van der Waals surface area contributed by atoms with Gasteiger partial charge in [-0.25, -0.2) is 0 Å². The molecule has 2 atom stereocenters. The molecule has 3 heteroatoms. The molecular weight excluding hydrogens is 200 g/mol. The summed E-state index contributed by atoms with van der Waals surface area (Å²) >= 11 is 0. The van der Waals surface area contributed by atoms with Crippen molar-refractivity contribution in [3.8, 4) is 0 Å². The summed E-state index contributed by atoms with van der Waals surface area (Å²) in [6.07, 6.45) is 3.91. The first-order valence-electron chi connectivity index (χ1n) is 6.40. The zero-order valence-corrected chi connectivity index (χ0v) is 11.1. The first-order chi connectivity index (χ1) is 7.38. The summed E-state index contributed by atoms with van der Waals surface area (Å²) in [5, 5.41) is 6.22. The molecule has 0 aromatic carbocycles. The summed E-state index contributed by atoms with van der Waals surface area (Å²) in [5.74, 6) is 1.59. The van der Waals surface area contributed by atoms with E-state index < -0.39 is 0 Å². The van der Waals surface area contributed by atoms with E-state index in [4.69, 9.17) is 0 Å². The molecule has 1 saturated carbocycles. The van der Waals surface area contributed by atoms with E-state index in [-0.39, 0.29) is 11.4 Å². The molecule has 0 bridgehead atoms. The molecule has 0 heterocycles. The Labute approximate surface area is 99.4 Å². The Morgan fingerprint density at radius 3 is 2.50 bits per heavy atom. The predicted molar refractivity (Wildman–Crippen MR) is 67.3 cm³/mol. The maximum absolute atomic E-state index is 11.6. The molecule has 2 N–H and O–H groups in total. The molecular formula is C13H26N2O. The average molecular weight is 226 g/mol. The molecule has 0 aliphatic heterocycles. The third kappa shape index (κ3) is 4.97. The largest absolute Gasteiger partial charge is 0.355 e. The molecule has 1 fully saturated rings. The van der Waals surface area contributed by atoms with Crippen LogP contribution >= 0.6 is 0 Å².